The Hall–Kier alpha value is -0.550. The lowest BCUT2D eigenvalue weighted by Gasteiger charge is -1.96. The molecule has 1 aromatic carbocycles. The van der Waals surface area contributed by atoms with E-state index in [1.165, 1.54) is 5.56 Å². The standard InChI is InChI=1S/C7H9OP.CH4/c1-6-2-4-7(8-9)5-3-6;/h2-5H,9H2,1H3;1H4. The Balaban J connectivity index is 0.000000810. The quantitative estimate of drug-likeness (QED) is 0.568. The van der Waals surface area contributed by atoms with Gasteiger partial charge in [-0.25, -0.2) is 0 Å². The van der Waals surface area contributed by atoms with Gasteiger partial charge in [0.2, 0.25) is 0 Å². The van der Waals surface area contributed by atoms with Gasteiger partial charge in [0, 0.05) is 0 Å². The fourth-order valence-corrected chi connectivity index (χ4v) is 0.774. The summed E-state index contributed by atoms with van der Waals surface area (Å²) in [6.45, 7) is 2.05. The van der Waals surface area contributed by atoms with E-state index in [9.17, 15) is 0 Å². The Bertz CT molecular complexity index is 181. The average molecular weight is 156 g/mol. The highest BCUT2D eigenvalue weighted by Gasteiger charge is 1.85. The summed E-state index contributed by atoms with van der Waals surface area (Å²) in [6.07, 6.45) is 0. The number of rotatable bonds is 1. The van der Waals surface area contributed by atoms with Gasteiger partial charge in [0.05, 0.1) is 9.47 Å². The topological polar surface area (TPSA) is 9.23 Å². The van der Waals surface area contributed by atoms with Gasteiger partial charge in [-0.1, -0.05) is 25.1 Å². The van der Waals surface area contributed by atoms with Gasteiger partial charge in [-0.2, -0.15) is 0 Å². The molecule has 1 atom stereocenters. The van der Waals surface area contributed by atoms with Crippen LogP contribution >= 0.6 is 9.47 Å². The zero-order chi connectivity index (χ0) is 6.69. The summed E-state index contributed by atoms with van der Waals surface area (Å²) in [6, 6.07) is 7.89. The summed E-state index contributed by atoms with van der Waals surface area (Å²) < 4.78 is 4.89. The average Bonchev–Trinajstić information content (AvgIpc) is 1.90. The van der Waals surface area contributed by atoms with Crippen molar-refractivity contribution in [2.45, 2.75) is 14.4 Å². The van der Waals surface area contributed by atoms with E-state index in [1.807, 2.05) is 31.2 Å². The van der Waals surface area contributed by atoms with Crippen LogP contribution in [0.5, 0.6) is 5.75 Å². The first-order valence-corrected chi connectivity index (χ1v) is 3.23. The first-order chi connectivity index (χ1) is 4.33. The van der Waals surface area contributed by atoms with Gasteiger partial charge in [0.25, 0.3) is 0 Å². The molecule has 0 N–H and O–H groups in total. The highest BCUT2D eigenvalue weighted by Crippen LogP contribution is 2.12. The van der Waals surface area contributed by atoms with E-state index in [-0.39, 0.29) is 7.43 Å². The molecule has 2 heteroatoms. The van der Waals surface area contributed by atoms with E-state index < -0.39 is 0 Å². The third-order valence-electron chi connectivity index (χ3n) is 1.16. The maximum Gasteiger partial charge on any atom is 0.122 e. The largest absolute Gasteiger partial charge is 0.480 e. The fraction of sp³-hybridized carbons (Fsp3) is 0.250. The highest BCUT2D eigenvalue weighted by atomic mass is 31.0. The van der Waals surface area contributed by atoms with E-state index in [1.54, 1.807) is 0 Å². The summed E-state index contributed by atoms with van der Waals surface area (Å²) >= 11 is 0. The minimum atomic E-state index is 0. The summed E-state index contributed by atoms with van der Waals surface area (Å²) in [4.78, 5) is 0. The monoisotopic (exact) mass is 156 g/mol. The Morgan fingerprint density at radius 1 is 1.20 bits per heavy atom. The SMILES string of the molecule is C.Cc1ccc(OP)cc1. The Labute approximate surface area is 64.7 Å². The van der Waals surface area contributed by atoms with Crippen molar-refractivity contribution in [1.29, 1.82) is 0 Å². The van der Waals surface area contributed by atoms with Crippen LogP contribution in [0, 0.1) is 6.92 Å². The molecule has 0 aromatic heterocycles. The number of benzene rings is 1. The van der Waals surface area contributed by atoms with E-state index in [0.717, 1.165) is 5.75 Å². The second-order valence-electron chi connectivity index (χ2n) is 1.93. The van der Waals surface area contributed by atoms with Gasteiger partial charge < -0.3 is 4.52 Å². The first-order valence-electron chi connectivity index (χ1n) is 2.76. The van der Waals surface area contributed by atoms with Crippen molar-refractivity contribution in [1.82, 2.24) is 0 Å². The lowest BCUT2D eigenvalue weighted by molar-refractivity contribution is 0.646. The van der Waals surface area contributed by atoms with Crippen molar-refractivity contribution >= 4 is 9.47 Å². The van der Waals surface area contributed by atoms with Crippen molar-refractivity contribution < 1.29 is 4.52 Å². The molecule has 1 nitrogen and oxygen atoms in total. The molecule has 0 bridgehead atoms. The summed E-state index contributed by atoms with van der Waals surface area (Å²) in [5.74, 6) is 0.880. The van der Waals surface area contributed by atoms with Crippen molar-refractivity contribution in [3.63, 3.8) is 0 Å². The third-order valence-corrected chi connectivity index (χ3v) is 1.43. The minimum absolute atomic E-state index is 0. The normalized spacial score (nSPS) is 8.20. The van der Waals surface area contributed by atoms with Crippen LogP contribution < -0.4 is 4.52 Å². The fourth-order valence-electron chi connectivity index (χ4n) is 0.617. The Morgan fingerprint density at radius 2 is 1.70 bits per heavy atom. The van der Waals surface area contributed by atoms with Crippen molar-refractivity contribution in [3.8, 4) is 5.75 Å². The molecule has 1 aromatic rings. The Morgan fingerprint density at radius 3 is 2.10 bits per heavy atom. The maximum absolute atomic E-state index is 4.89. The molecule has 56 valence electrons. The molecule has 0 aliphatic heterocycles. The predicted molar refractivity (Wildman–Crippen MR) is 48.2 cm³/mol. The first kappa shape index (κ1) is 9.45. The second kappa shape index (κ2) is 4.29. The van der Waals surface area contributed by atoms with Gasteiger partial charge in [-0.05, 0) is 19.1 Å². The molecule has 0 aliphatic carbocycles. The van der Waals surface area contributed by atoms with Gasteiger partial charge in [0.15, 0.2) is 0 Å². The van der Waals surface area contributed by atoms with Crippen LogP contribution in [-0.2, 0) is 0 Å². The van der Waals surface area contributed by atoms with Crippen LogP contribution in [0.1, 0.15) is 13.0 Å². The lowest BCUT2D eigenvalue weighted by Crippen LogP contribution is -1.73. The molecule has 0 amide bonds. The number of hydrogen-bond donors (Lipinski definition) is 0. The van der Waals surface area contributed by atoms with E-state index in [0.29, 0.717) is 0 Å². The zero-order valence-electron chi connectivity index (χ0n) is 5.29. The van der Waals surface area contributed by atoms with E-state index in [2.05, 4.69) is 9.47 Å². The van der Waals surface area contributed by atoms with Crippen LogP contribution in [-0.4, -0.2) is 0 Å². The molecule has 0 spiro atoms. The molecule has 1 unspecified atom stereocenters. The van der Waals surface area contributed by atoms with Gasteiger partial charge in [-0.3, -0.25) is 0 Å². The van der Waals surface area contributed by atoms with Crippen LogP contribution in [0.3, 0.4) is 0 Å². The molecule has 0 heterocycles. The zero-order valence-corrected chi connectivity index (χ0v) is 6.45. The van der Waals surface area contributed by atoms with Crippen LogP contribution in [0.15, 0.2) is 24.3 Å². The highest BCUT2D eigenvalue weighted by molar-refractivity contribution is 7.10. The summed E-state index contributed by atoms with van der Waals surface area (Å²) in [7, 11) is 2.21. The molecule has 0 aliphatic rings. The van der Waals surface area contributed by atoms with Crippen molar-refractivity contribution in [2.75, 3.05) is 0 Å². The number of aryl methyl sites for hydroxylation is 1. The summed E-state index contributed by atoms with van der Waals surface area (Å²) in [5, 5.41) is 0. The molecule has 0 saturated heterocycles. The van der Waals surface area contributed by atoms with Gasteiger partial charge in [0.1, 0.15) is 5.75 Å². The Kier molecular flexibility index (Phi) is 4.06. The van der Waals surface area contributed by atoms with Crippen molar-refractivity contribution in [3.05, 3.63) is 29.8 Å². The van der Waals surface area contributed by atoms with Gasteiger partial charge >= 0.3 is 0 Å². The second-order valence-corrected chi connectivity index (χ2v) is 2.17. The van der Waals surface area contributed by atoms with Gasteiger partial charge in [-0.15, -0.1) is 0 Å². The van der Waals surface area contributed by atoms with E-state index >= 15 is 0 Å². The third kappa shape index (κ3) is 2.36. The molecule has 10 heavy (non-hydrogen) atoms. The molecule has 0 radical (unpaired) electrons. The molecule has 0 fully saturated rings. The molecular formula is C8H13OP. The van der Waals surface area contributed by atoms with Crippen LogP contribution in [0.4, 0.5) is 0 Å². The predicted octanol–water partition coefficient (Wildman–Crippen LogP) is 2.80. The summed E-state index contributed by atoms with van der Waals surface area (Å²) in [5.41, 5.74) is 1.25. The smallest absolute Gasteiger partial charge is 0.122 e. The minimum Gasteiger partial charge on any atom is -0.480 e. The van der Waals surface area contributed by atoms with E-state index in [4.69, 9.17) is 4.52 Å². The van der Waals surface area contributed by atoms with Crippen LogP contribution in [0.2, 0.25) is 0 Å². The number of hydrogen-bond acceptors (Lipinski definition) is 1. The van der Waals surface area contributed by atoms with Crippen molar-refractivity contribution in [2.24, 2.45) is 0 Å². The van der Waals surface area contributed by atoms with Crippen LogP contribution in [0.25, 0.3) is 0 Å². The molecule has 1 rings (SSSR count). The maximum atomic E-state index is 4.89. The molecular weight excluding hydrogens is 143 g/mol. The lowest BCUT2D eigenvalue weighted by atomic mass is 10.2. The molecule has 0 saturated carbocycles.